The molecule has 1 saturated heterocycles. The minimum Gasteiger partial charge on any atom is -0.400 e. The molecule has 0 saturated carbocycles. The van der Waals surface area contributed by atoms with Crippen LogP contribution in [-0.2, 0) is 9.31 Å². The van der Waals surface area contributed by atoms with Crippen molar-refractivity contribution < 1.29 is 9.31 Å². The van der Waals surface area contributed by atoms with E-state index in [4.69, 9.17) is 20.9 Å². The summed E-state index contributed by atoms with van der Waals surface area (Å²) in [7, 11) is 1.55. The third kappa shape index (κ3) is 3.51. The summed E-state index contributed by atoms with van der Waals surface area (Å²) < 4.78 is 12.2. The van der Waals surface area contributed by atoms with Crippen LogP contribution in [0.25, 0.3) is 6.08 Å². The molecule has 0 amide bonds. The lowest BCUT2D eigenvalue weighted by Gasteiger charge is -2.32. The molecule has 1 aromatic rings. The van der Waals surface area contributed by atoms with E-state index in [1.165, 1.54) is 0 Å². The van der Waals surface area contributed by atoms with E-state index in [2.05, 4.69) is 33.0 Å². The summed E-state index contributed by atoms with van der Waals surface area (Å²) in [5, 5.41) is 3.89. The van der Waals surface area contributed by atoms with Gasteiger partial charge in [-0.2, -0.15) is 0 Å². The molecule has 0 radical (unpaired) electrons. The molecule has 1 fully saturated rings. The van der Waals surface area contributed by atoms with Gasteiger partial charge in [-0.15, -0.1) is 0 Å². The number of nitrogens with one attached hydrogen (secondary N) is 1. The van der Waals surface area contributed by atoms with E-state index >= 15 is 0 Å². The lowest BCUT2D eigenvalue weighted by atomic mass is 9.77. The fraction of sp³-hybridized carbons (Fsp3) is 0.500. The maximum absolute atomic E-state index is 6.24. The van der Waals surface area contributed by atoms with Crippen LogP contribution in [0.1, 0.15) is 33.3 Å². The lowest BCUT2D eigenvalue weighted by Crippen LogP contribution is -2.41. The van der Waals surface area contributed by atoms with Crippen molar-refractivity contribution in [2.45, 2.75) is 38.9 Å². The molecule has 0 bridgehead atoms. The SMILES string of the molecule is CNCC(=Cc1ccccc1Cl)B1OC(C)(C)C(C)(C)O1. The normalized spacial score (nSPS) is 20.9. The Morgan fingerprint density at radius 2 is 1.76 bits per heavy atom. The molecule has 1 heterocycles. The Hall–Kier alpha value is -0.805. The predicted molar refractivity (Wildman–Crippen MR) is 89.4 cm³/mol. The maximum atomic E-state index is 6.24. The van der Waals surface area contributed by atoms with Crippen molar-refractivity contribution in [1.29, 1.82) is 0 Å². The first-order chi connectivity index (χ1) is 9.77. The largest absolute Gasteiger partial charge is 0.491 e. The van der Waals surface area contributed by atoms with Gasteiger partial charge in [-0.1, -0.05) is 35.9 Å². The zero-order chi connectivity index (χ0) is 15.7. The molecule has 3 nitrogen and oxygen atoms in total. The third-order valence-corrected chi connectivity index (χ3v) is 4.53. The molecule has 1 aliphatic heterocycles. The van der Waals surface area contributed by atoms with Gasteiger partial charge in [-0.3, -0.25) is 0 Å². The Morgan fingerprint density at radius 3 is 2.29 bits per heavy atom. The van der Waals surface area contributed by atoms with Gasteiger partial charge >= 0.3 is 7.12 Å². The van der Waals surface area contributed by atoms with Gasteiger partial charge in [0.15, 0.2) is 0 Å². The summed E-state index contributed by atoms with van der Waals surface area (Å²) in [6.45, 7) is 8.90. The first-order valence-corrected chi connectivity index (χ1v) is 7.60. The molecule has 1 N–H and O–H groups in total. The summed E-state index contributed by atoms with van der Waals surface area (Å²) in [5.74, 6) is 0. The van der Waals surface area contributed by atoms with E-state index in [1.807, 2.05) is 37.4 Å². The standard InChI is InChI=1S/C16H23BClNO2/c1-15(2)16(3,4)21-17(20-15)13(11-19-5)10-12-8-6-7-9-14(12)18/h6-10,19H,11H2,1-5H3. The molecule has 0 spiro atoms. The Labute approximate surface area is 132 Å². The summed E-state index contributed by atoms with van der Waals surface area (Å²) in [6.07, 6.45) is 2.04. The van der Waals surface area contributed by atoms with Crippen molar-refractivity contribution in [3.8, 4) is 0 Å². The Kier molecular flexibility index (Phi) is 4.84. The van der Waals surface area contributed by atoms with E-state index in [0.717, 1.165) is 16.1 Å². The topological polar surface area (TPSA) is 30.5 Å². The van der Waals surface area contributed by atoms with Gasteiger partial charge in [0, 0.05) is 11.6 Å². The monoisotopic (exact) mass is 307 g/mol. The molecule has 1 aromatic carbocycles. The van der Waals surface area contributed by atoms with E-state index < -0.39 is 0 Å². The van der Waals surface area contributed by atoms with E-state index in [-0.39, 0.29) is 18.3 Å². The van der Waals surface area contributed by atoms with Gasteiger partial charge in [-0.05, 0) is 51.8 Å². The average molecular weight is 308 g/mol. The highest BCUT2D eigenvalue weighted by Gasteiger charge is 2.52. The number of hydrogen-bond donors (Lipinski definition) is 1. The summed E-state index contributed by atoms with van der Waals surface area (Å²) in [6, 6.07) is 7.77. The summed E-state index contributed by atoms with van der Waals surface area (Å²) in [4.78, 5) is 0. The molecule has 1 aliphatic rings. The number of benzene rings is 1. The second-order valence-electron chi connectivity index (χ2n) is 6.36. The average Bonchev–Trinajstić information content (AvgIpc) is 2.60. The first-order valence-electron chi connectivity index (χ1n) is 7.22. The zero-order valence-electron chi connectivity index (χ0n) is 13.4. The van der Waals surface area contributed by atoms with Gasteiger partial charge < -0.3 is 14.6 Å². The number of hydrogen-bond acceptors (Lipinski definition) is 3. The molecule has 0 unspecified atom stereocenters. The van der Waals surface area contributed by atoms with E-state index in [0.29, 0.717) is 6.54 Å². The van der Waals surface area contributed by atoms with Gasteiger partial charge in [-0.25, -0.2) is 0 Å². The Balaban J connectivity index is 2.31. The smallest absolute Gasteiger partial charge is 0.400 e. The fourth-order valence-electron chi connectivity index (χ4n) is 2.19. The van der Waals surface area contributed by atoms with E-state index in [1.54, 1.807) is 0 Å². The van der Waals surface area contributed by atoms with Crippen LogP contribution in [0.5, 0.6) is 0 Å². The van der Waals surface area contributed by atoms with Gasteiger partial charge in [0.25, 0.3) is 0 Å². The second-order valence-corrected chi connectivity index (χ2v) is 6.77. The predicted octanol–water partition coefficient (Wildman–Crippen LogP) is 3.57. The molecule has 0 atom stereocenters. The maximum Gasteiger partial charge on any atom is 0.491 e. The highest BCUT2D eigenvalue weighted by Crippen LogP contribution is 2.38. The molecule has 0 aromatic heterocycles. The lowest BCUT2D eigenvalue weighted by molar-refractivity contribution is 0.00578. The van der Waals surface area contributed by atoms with Crippen LogP contribution in [0.15, 0.2) is 29.7 Å². The number of halogens is 1. The zero-order valence-corrected chi connectivity index (χ0v) is 14.1. The molecule has 114 valence electrons. The van der Waals surface area contributed by atoms with E-state index in [9.17, 15) is 0 Å². The minimum absolute atomic E-state index is 0.342. The molecular weight excluding hydrogens is 284 g/mol. The van der Waals surface area contributed by atoms with Crippen LogP contribution < -0.4 is 5.32 Å². The van der Waals surface area contributed by atoms with Crippen LogP contribution in [0, 0.1) is 0 Å². The van der Waals surface area contributed by atoms with Crippen LogP contribution >= 0.6 is 11.6 Å². The Morgan fingerprint density at radius 1 is 1.19 bits per heavy atom. The molecule has 5 heteroatoms. The molecule has 0 aliphatic carbocycles. The second kappa shape index (κ2) is 6.13. The van der Waals surface area contributed by atoms with Crippen molar-refractivity contribution in [3.63, 3.8) is 0 Å². The quantitative estimate of drug-likeness (QED) is 0.863. The molecule has 21 heavy (non-hydrogen) atoms. The Bertz CT molecular complexity index is 527. The highest BCUT2D eigenvalue weighted by atomic mass is 35.5. The van der Waals surface area contributed by atoms with Crippen LogP contribution in [-0.4, -0.2) is 31.9 Å². The summed E-state index contributed by atoms with van der Waals surface area (Å²) >= 11 is 6.24. The van der Waals surface area contributed by atoms with Gasteiger partial charge in [0.1, 0.15) is 0 Å². The van der Waals surface area contributed by atoms with Crippen molar-refractivity contribution in [3.05, 3.63) is 40.3 Å². The molecule has 2 rings (SSSR count). The van der Waals surface area contributed by atoms with Crippen LogP contribution in [0.3, 0.4) is 0 Å². The van der Waals surface area contributed by atoms with Gasteiger partial charge in [0.2, 0.25) is 0 Å². The van der Waals surface area contributed by atoms with Crippen LogP contribution in [0.2, 0.25) is 5.02 Å². The van der Waals surface area contributed by atoms with Crippen molar-refractivity contribution in [2.75, 3.05) is 13.6 Å². The number of rotatable bonds is 4. The van der Waals surface area contributed by atoms with Crippen molar-refractivity contribution in [2.24, 2.45) is 0 Å². The van der Waals surface area contributed by atoms with Crippen molar-refractivity contribution >= 4 is 24.8 Å². The molecular formula is C16H23BClNO2. The summed E-state index contributed by atoms with van der Waals surface area (Å²) in [5.41, 5.74) is 1.32. The fourth-order valence-corrected chi connectivity index (χ4v) is 2.38. The minimum atomic E-state index is -0.362. The third-order valence-electron chi connectivity index (χ3n) is 4.18. The number of likely N-dealkylation sites (N-methyl/N-ethyl adjacent to an activating group) is 1. The van der Waals surface area contributed by atoms with Gasteiger partial charge in [0.05, 0.1) is 11.2 Å². The first kappa shape index (κ1) is 16.6. The van der Waals surface area contributed by atoms with Crippen LogP contribution in [0.4, 0.5) is 0 Å². The van der Waals surface area contributed by atoms with Crippen molar-refractivity contribution in [1.82, 2.24) is 5.32 Å². The highest BCUT2D eigenvalue weighted by molar-refractivity contribution is 6.56.